The highest BCUT2D eigenvalue weighted by atomic mass is 16.5. The summed E-state index contributed by atoms with van der Waals surface area (Å²) in [4.78, 5) is 50.5. The van der Waals surface area contributed by atoms with Crippen LogP contribution in [0.5, 0.6) is 5.75 Å². The maximum Gasteiger partial charge on any atom is 0.323 e. The number of aromatic hydroxyl groups is 1. The number of aromatic nitrogens is 2. The molecule has 2 N–H and O–H groups in total. The molecule has 4 rings (SSSR count). The maximum atomic E-state index is 13.6. The number of carboxylic acids is 1. The molecule has 9 nitrogen and oxygen atoms in total. The minimum Gasteiger partial charge on any atom is -0.507 e. The van der Waals surface area contributed by atoms with E-state index >= 15 is 0 Å². The van der Waals surface area contributed by atoms with Gasteiger partial charge in [-0.05, 0) is 42.8 Å². The molecule has 172 valence electrons. The van der Waals surface area contributed by atoms with E-state index in [1.165, 1.54) is 20.1 Å². The molecule has 0 bridgehead atoms. The Labute approximate surface area is 188 Å². The van der Waals surface area contributed by atoms with Crippen molar-refractivity contribution >= 4 is 22.8 Å². The number of methoxy groups -OCH3 is 1. The number of carboxylic acid groups (broad SMARTS) is 1. The van der Waals surface area contributed by atoms with Crippen LogP contribution in [0.15, 0.2) is 39.9 Å². The lowest BCUT2D eigenvalue weighted by Gasteiger charge is -2.24. The zero-order valence-electron chi connectivity index (χ0n) is 18.3. The molecule has 1 aromatic carbocycles. The molecule has 0 amide bonds. The summed E-state index contributed by atoms with van der Waals surface area (Å²) in [6, 6.07) is 8.64. The van der Waals surface area contributed by atoms with E-state index in [2.05, 4.69) is 0 Å². The number of rotatable bonds is 6. The third kappa shape index (κ3) is 3.90. The first-order valence-corrected chi connectivity index (χ1v) is 10.6. The summed E-state index contributed by atoms with van der Waals surface area (Å²) in [5.74, 6) is -3.42. The fourth-order valence-electron chi connectivity index (χ4n) is 4.68. The summed E-state index contributed by atoms with van der Waals surface area (Å²) in [6.45, 7) is 1.38. The molecule has 0 saturated carbocycles. The number of aryl methyl sites for hydroxylation is 3. The van der Waals surface area contributed by atoms with Crippen molar-refractivity contribution in [3.05, 3.63) is 73.4 Å². The van der Waals surface area contributed by atoms with Gasteiger partial charge in [0.1, 0.15) is 12.3 Å². The Morgan fingerprint density at radius 1 is 1.18 bits per heavy atom. The first-order valence-electron chi connectivity index (χ1n) is 10.6. The fourth-order valence-corrected chi connectivity index (χ4v) is 4.68. The first kappa shape index (κ1) is 22.3. The molecule has 3 aromatic rings. The minimum absolute atomic E-state index is 0.171. The highest BCUT2D eigenvalue weighted by molar-refractivity contribution is 5.84. The van der Waals surface area contributed by atoms with Gasteiger partial charge < -0.3 is 24.1 Å². The van der Waals surface area contributed by atoms with Crippen LogP contribution in [-0.4, -0.2) is 38.4 Å². The zero-order valence-corrected chi connectivity index (χ0v) is 18.3. The monoisotopic (exact) mass is 452 g/mol. The molecule has 0 saturated heterocycles. The fraction of sp³-hybridized carbons (Fsp3) is 0.333. The normalized spacial score (nSPS) is 13.6. The number of carbonyl (C=O) groups excluding carboxylic acids is 1. The Morgan fingerprint density at radius 3 is 2.64 bits per heavy atom. The van der Waals surface area contributed by atoms with Crippen molar-refractivity contribution in [2.75, 3.05) is 7.11 Å². The molecular weight excluding hydrogens is 428 g/mol. The van der Waals surface area contributed by atoms with Crippen molar-refractivity contribution in [3.63, 3.8) is 0 Å². The van der Waals surface area contributed by atoms with Crippen LogP contribution in [0.1, 0.15) is 41.1 Å². The van der Waals surface area contributed by atoms with Gasteiger partial charge in [-0.25, -0.2) is 0 Å². The molecule has 1 atom stereocenters. The largest absolute Gasteiger partial charge is 0.507 e. The van der Waals surface area contributed by atoms with Crippen molar-refractivity contribution in [1.82, 2.24) is 9.13 Å². The van der Waals surface area contributed by atoms with Gasteiger partial charge in [-0.3, -0.25) is 19.2 Å². The second-order valence-electron chi connectivity index (χ2n) is 8.22. The smallest absolute Gasteiger partial charge is 0.323 e. The van der Waals surface area contributed by atoms with Gasteiger partial charge in [-0.2, -0.15) is 0 Å². The molecule has 9 heteroatoms. The van der Waals surface area contributed by atoms with Gasteiger partial charge in [0, 0.05) is 23.7 Å². The Hall–Kier alpha value is -3.88. The summed E-state index contributed by atoms with van der Waals surface area (Å²) in [7, 11) is 1.19. The summed E-state index contributed by atoms with van der Waals surface area (Å²) in [6.07, 6.45) is 1.26. The summed E-state index contributed by atoms with van der Waals surface area (Å²) < 4.78 is 7.45. The SMILES string of the molecule is COC(=O)C[C@@H](c1c(O)cc(C)n(CC(=O)O)c1=O)c1cc2cccc3c2n(c1=O)CCC3. The highest BCUT2D eigenvalue weighted by Gasteiger charge is 2.30. The lowest BCUT2D eigenvalue weighted by molar-refractivity contribution is -0.141. The number of carbonyl (C=O) groups is 2. The van der Waals surface area contributed by atoms with E-state index in [0.29, 0.717) is 6.54 Å². The van der Waals surface area contributed by atoms with Crippen molar-refractivity contribution in [2.24, 2.45) is 0 Å². The summed E-state index contributed by atoms with van der Waals surface area (Å²) in [5, 5.41) is 20.7. The highest BCUT2D eigenvalue weighted by Crippen LogP contribution is 2.33. The zero-order chi connectivity index (χ0) is 23.9. The van der Waals surface area contributed by atoms with Gasteiger partial charge in [0.2, 0.25) is 0 Å². The van der Waals surface area contributed by atoms with Crippen LogP contribution >= 0.6 is 0 Å². The van der Waals surface area contributed by atoms with E-state index in [1.807, 2.05) is 18.2 Å². The number of ether oxygens (including phenoxy) is 1. The quantitative estimate of drug-likeness (QED) is 0.547. The molecule has 0 unspecified atom stereocenters. The number of benzene rings is 1. The number of pyridine rings is 2. The molecule has 0 spiro atoms. The molecule has 3 heterocycles. The van der Waals surface area contributed by atoms with Gasteiger partial charge in [-0.15, -0.1) is 0 Å². The second-order valence-corrected chi connectivity index (χ2v) is 8.22. The number of hydrogen-bond acceptors (Lipinski definition) is 6. The standard InChI is InChI=1S/C24H24N2O7/c1-13-9-18(27)21(24(32)26(13)12-19(28)29)16(11-20(30)33-2)17-10-15-6-3-5-14-7-4-8-25(22(14)15)23(17)31/h3,5-6,9-10,16,27H,4,7-8,11-12H2,1-2H3,(H,28,29)/t16-/m1/s1. The van der Waals surface area contributed by atoms with E-state index in [9.17, 15) is 29.4 Å². The van der Waals surface area contributed by atoms with E-state index < -0.39 is 35.7 Å². The number of hydrogen-bond donors (Lipinski definition) is 2. The van der Waals surface area contributed by atoms with Gasteiger partial charge in [0.25, 0.3) is 11.1 Å². The molecule has 33 heavy (non-hydrogen) atoms. The van der Waals surface area contributed by atoms with Gasteiger partial charge in [0.15, 0.2) is 0 Å². The summed E-state index contributed by atoms with van der Waals surface area (Å²) >= 11 is 0. The molecule has 0 aliphatic carbocycles. The van der Waals surface area contributed by atoms with Gasteiger partial charge in [0.05, 0.1) is 24.6 Å². The van der Waals surface area contributed by atoms with E-state index in [0.717, 1.165) is 33.9 Å². The predicted molar refractivity (Wildman–Crippen MR) is 120 cm³/mol. The molecule has 1 aliphatic rings. The lowest BCUT2D eigenvalue weighted by Crippen LogP contribution is -2.34. The number of aliphatic carboxylic acids is 1. The average molecular weight is 452 g/mol. The van der Waals surface area contributed by atoms with Crippen LogP contribution in [0.2, 0.25) is 0 Å². The van der Waals surface area contributed by atoms with Crippen molar-refractivity contribution in [2.45, 2.75) is 45.2 Å². The third-order valence-corrected chi connectivity index (χ3v) is 6.19. The number of esters is 1. The number of para-hydroxylation sites is 1. The lowest BCUT2D eigenvalue weighted by atomic mass is 9.87. The molecule has 0 fully saturated rings. The van der Waals surface area contributed by atoms with Crippen LogP contribution in [0.4, 0.5) is 0 Å². The Balaban J connectivity index is 2.02. The average Bonchev–Trinajstić information content (AvgIpc) is 2.78. The Kier molecular flexibility index (Phi) is 5.80. The Bertz CT molecular complexity index is 1400. The van der Waals surface area contributed by atoms with Crippen molar-refractivity contribution in [1.29, 1.82) is 0 Å². The molecule has 2 aromatic heterocycles. The first-order chi connectivity index (χ1) is 15.7. The minimum atomic E-state index is -1.23. The van der Waals surface area contributed by atoms with Crippen LogP contribution in [0, 0.1) is 6.92 Å². The van der Waals surface area contributed by atoms with Gasteiger partial charge >= 0.3 is 11.9 Å². The number of nitrogens with zero attached hydrogens (tertiary/aromatic N) is 2. The van der Waals surface area contributed by atoms with Crippen LogP contribution in [0.25, 0.3) is 10.9 Å². The van der Waals surface area contributed by atoms with Crippen molar-refractivity contribution in [3.8, 4) is 5.75 Å². The summed E-state index contributed by atoms with van der Waals surface area (Å²) in [5.41, 5.74) is 0.965. The molecule has 1 aliphatic heterocycles. The topological polar surface area (TPSA) is 128 Å². The van der Waals surface area contributed by atoms with Crippen LogP contribution < -0.4 is 11.1 Å². The van der Waals surface area contributed by atoms with Crippen LogP contribution in [0.3, 0.4) is 0 Å². The third-order valence-electron chi connectivity index (χ3n) is 6.19. The maximum absolute atomic E-state index is 13.6. The predicted octanol–water partition coefficient (Wildman–Crippen LogP) is 1.90. The Morgan fingerprint density at radius 2 is 1.94 bits per heavy atom. The molecular formula is C24H24N2O7. The van der Waals surface area contributed by atoms with Crippen molar-refractivity contribution < 1.29 is 24.5 Å². The van der Waals surface area contributed by atoms with Gasteiger partial charge in [-0.1, -0.05) is 18.2 Å². The van der Waals surface area contributed by atoms with Crippen LogP contribution in [-0.2, 0) is 33.8 Å². The van der Waals surface area contributed by atoms with E-state index in [4.69, 9.17) is 4.74 Å². The van der Waals surface area contributed by atoms with E-state index in [1.54, 1.807) is 10.6 Å². The van der Waals surface area contributed by atoms with E-state index in [-0.39, 0.29) is 28.8 Å². The second kappa shape index (κ2) is 8.57. The molecule has 0 radical (unpaired) electrons.